The van der Waals surface area contributed by atoms with E-state index in [2.05, 4.69) is 15.3 Å². The Bertz CT molecular complexity index is 512. The van der Waals surface area contributed by atoms with Crippen molar-refractivity contribution in [1.29, 1.82) is 0 Å². The summed E-state index contributed by atoms with van der Waals surface area (Å²) in [6.45, 7) is 0.472. The Kier molecular flexibility index (Phi) is 4.71. The van der Waals surface area contributed by atoms with Crippen LogP contribution in [0.5, 0.6) is 0 Å². The predicted octanol–water partition coefficient (Wildman–Crippen LogP) is 0.221. The molecule has 0 saturated carbocycles. The maximum Gasteiger partial charge on any atom is 0.266 e. The van der Waals surface area contributed by atoms with Gasteiger partial charge >= 0.3 is 0 Å². The van der Waals surface area contributed by atoms with Gasteiger partial charge in [0.05, 0.1) is 12.1 Å². The average Bonchev–Trinajstić information content (AvgIpc) is 2.17. The number of anilines is 1. The number of H-pyrrole nitrogens is 1. The first kappa shape index (κ1) is 13.4. The van der Waals surface area contributed by atoms with Gasteiger partial charge in [0.2, 0.25) is 0 Å². The standard InChI is InChI=1S/C8H12IN3O3S/c1-16(14,15)4-2-3-10-7-6(9)8(13)12-5-11-7/h5H,2-4H2,1H3,(H2,10,11,12,13). The maximum atomic E-state index is 11.2. The molecule has 0 saturated heterocycles. The molecule has 0 aliphatic heterocycles. The van der Waals surface area contributed by atoms with E-state index in [0.29, 0.717) is 22.4 Å². The summed E-state index contributed by atoms with van der Waals surface area (Å²) < 4.78 is 22.2. The molecule has 0 amide bonds. The summed E-state index contributed by atoms with van der Waals surface area (Å²) in [5, 5.41) is 2.92. The minimum Gasteiger partial charge on any atom is -0.369 e. The fourth-order valence-corrected chi connectivity index (χ4v) is 2.20. The number of aromatic nitrogens is 2. The van der Waals surface area contributed by atoms with Gasteiger partial charge in [0.15, 0.2) is 0 Å². The zero-order valence-corrected chi connectivity index (χ0v) is 11.6. The van der Waals surface area contributed by atoms with Crippen molar-refractivity contribution in [1.82, 2.24) is 9.97 Å². The Morgan fingerprint density at radius 2 is 2.25 bits per heavy atom. The van der Waals surface area contributed by atoms with Crippen molar-refractivity contribution in [3.63, 3.8) is 0 Å². The summed E-state index contributed by atoms with van der Waals surface area (Å²) in [6, 6.07) is 0. The van der Waals surface area contributed by atoms with Crippen LogP contribution in [0, 0.1) is 3.57 Å². The van der Waals surface area contributed by atoms with Gasteiger partial charge in [-0.05, 0) is 29.0 Å². The number of halogens is 1. The minimum atomic E-state index is -2.93. The Morgan fingerprint density at radius 1 is 1.56 bits per heavy atom. The van der Waals surface area contributed by atoms with Crippen LogP contribution in [0.25, 0.3) is 0 Å². The third kappa shape index (κ3) is 4.47. The molecule has 90 valence electrons. The van der Waals surface area contributed by atoms with Crippen LogP contribution >= 0.6 is 22.6 Å². The van der Waals surface area contributed by atoms with Gasteiger partial charge in [-0.2, -0.15) is 0 Å². The van der Waals surface area contributed by atoms with Crippen molar-refractivity contribution >= 4 is 38.2 Å². The maximum absolute atomic E-state index is 11.2. The lowest BCUT2D eigenvalue weighted by atomic mass is 10.4. The number of sulfone groups is 1. The van der Waals surface area contributed by atoms with Crippen LogP contribution in [0.4, 0.5) is 5.82 Å². The highest BCUT2D eigenvalue weighted by Crippen LogP contribution is 2.08. The third-order valence-electron chi connectivity index (χ3n) is 1.78. The normalized spacial score (nSPS) is 11.4. The van der Waals surface area contributed by atoms with Crippen LogP contribution < -0.4 is 10.9 Å². The molecule has 8 heteroatoms. The van der Waals surface area contributed by atoms with Gasteiger partial charge in [0.25, 0.3) is 5.56 Å². The summed E-state index contributed by atoms with van der Waals surface area (Å²) in [6.07, 6.45) is 3.00. The first-order valence-corrected chi connectivity index (χ1v) is 7.69. The summed E-state index contributed by atoms with van der Waals surface area (Å²) in [5.74, 6) is 0.609. The molecule has 1 rings (SSSR count). The molecule has 1 heterocycles. The van der Waals surface area contributed by atoms with E-state index in [1.54, 1.807) is 0 Å². The zero-order valence-electron chi connectivity index (χ0n) is 8.66. The number of aromatic amines is 1. The highest BCUT2D eigenvalue weighted by atomic mass is 127. The van der Waals surface area contributed by atoms with Gasteiger partial charge in [0, 0.05) is 12.8 Å². The molecule has 0 fully saturated rings. The van der Waals surface area contributed by atoms with Gasteiger partial charge in [0.1, 0.15) is 19.2 Å². The number of rotatable bonds is 5. The summed E-state index contributed by atoms with van der Waals surface area (Å²) in [5.41, 5.74) is -0.207. The van der Waals surface area contributed by atoms with Crippen LogP contribution in [0.15, 0.2) is 11.1 Å². The lowest BCUT2D eigenvalue weighted by molar-refractivity contribution is 0.600. The van der Waals surface area contributed by atoms with Crippen molar-refractivity contribution < 1.29 is 8.42 Å². The molecule has 0 aliphatic carbocycles. The van der Waals surface area contributed by atoms with Crippen molar-refractivity contribution in [3.8, 4) is 0 Å². The lowest BCUT2D eigenvalue weighted by Crippen LogP contribution is -2.16. The summed E-state index contributed by atoms with van der Waals surface area (Å²) >= 11 is 1.89. The van der Waals surface area contributed by atoms with Crippen molar-refractivity contribution in [3.05, 3.63) is 20.3 Å². The topological polar surface area (TPSA) is 91.9 Å². The molecule has 0 bridgehead atoms. The van der Waals surface area contributed by atoms with Crippen molar-refractivity contribution in [2.75, 3.05) is 23.9 Å². The molecule has 0 aliphatic rings. The van der Waals surface area contributed by atoms with Gasteiger partial charge in [-0.25, -0.2) is 13.4 Å². The highest BCUT2D eigenvalue weighted by Gasteiger charge is 2.05. The second-order valence-corrected chi connectivity index (χ2v) is 6.64. The molecule has 0 aromatic carbocycles. The van der Waals surface area contributed by atoms with Gasteiger partial charge in [-0.1, -0.05) is 0 Å². The van der Waals surface area contributed by atoms with Crippen LogP contribution in [0.1, 0.15) is 6.42 Å². The van der Waals surface area contributed by atoms with E-state index in [0.717, 1.165) is 0 Å². The fraction of sp³-hybridized carbons (Fsp3) is 0.500. The zero-order chi connectivity index (χ0) is 12.2. The molecule has 1 aromatic heterocycles. The van der Waals surface area contributed by atoms with Gasteiger partial charge in [-0.3, -0.25) is 4.79 Å². The largest absolute Gasteiger partial charge is 0.369 e. The molecule has 16 heavy (non-hydrogen) atoms. The Labute approximate surface area is 107 Å². The van der Waals surface area contributed by atoms with Crippen LogP contribution in [0.2, 0.25) is 0 Å². The molecule has 1 aromatic rings. The minimum absolute atomic E-state index is 0.125. The van der Waals surface area contributed by atoms with Crippen molar-refractivity contribution in [2.24, 2.45) is 0 Å². The molecule has 0 atom stereocenters. The third-order valence-corrected chi connectivity index (χ3v) is 3.81. The van der Waals surface area contributed by atoms with Crippen LogP contribution in [-0.4, -0.2) is 36.9 Å². The Morgan fingerprint density at radius 3 is 2.88 bits per heavy atom. The van der Waals surface area contributed by atoms with Gasteiger partial charge in [-0.15, -0.1) is 0 Å². The molecular weight excluding hydrogens is 345 g/mol. The van der Waals surface area contributed by atoms with Gasteiger partial charge < -0.3 is 10.3 Å². The first-order valence-electron chi connectivity index (χ1n) is 4.55. The molecule has 6 nitrogen and oxygen atoms in total. The molecule has 0 spiro atoms. The average molecular weight is 357 g/mol. The predicted molar refractivity (Wildman–Crippen MR) is 70.4 cm³/mol. The summed E-state index contributed by atoms with van der Waals surface area (Å²) in [4.78, 5) is 17.6. The van der Waals surface area contributed by atoms with E-state index in [1.165, 1.54) is 12.6 Å². The Balaban J connectivity index is 2.50. The lowest BCUT2D eigenvalue weighted by Gasteiger charge is -2.05. The Hall–Kier alpha value is -0.640. The molecule has 0 unspecified atom stereocenters. The number of hydrogen-bond donors (Lipinski definition) is 2. The SMILES string of the molecule is CS(=O)(=O)CCCNc1nc[nH]c(=O)c1I. The molecular formula is C8H12IN3O3S. The number of nitrogens with zero attached hydrogens (tertiary/aromatic N) is 1. The van der Waals surface area contributed by atoms with E-state index in [9.17, 15) is 13.2 Å². The fourth-order valence-electron chi connectivity index (χ4n) is 1.05. The number of hydrogen-bond acceptors (Lipinski definition) is 5. The van der Waals surface area contributed by atoms with E-state index in [1.807, 2.05) is 22.6 Å². The number of nitrogens with one attached hydrogen (secondary N) is 2. The van der Waals surface area contributed by atoms with E-state index in [-0.39, 0.29) is 11.3 Å². The smallest absolute Gasteiger partial charge is 0.266 e. The summed E-state index contributed by atoms with van der Waals surface area (Å²) in [7, 11) is -2.93. The first-order chi connectivity index (χ1) is 7.40. The van der Waals surface area contributed by atoms with E-state index < -0.39 is 9.84 Å². The molecule has 2 N–H and O–H groups in total. The van der Waals surface area contributed by atoms with Crippen LogP contribution in [0.3, 0.4) is 0 Å². The van der Waals surface area contributed by atoms with Crippen molar-refractivity contribution in [2.45, 2.75) is 6.42 Å². The van der Waals surface area contributed by atoms with Crippen LogP contribution in [-0.2, 0) is 9.84 Å². The molecule has 0 radical (unpaired) electrons. The monoisotopic (exact) mass is 357 g/mol. The second-order valence-electron chi connectivity index (χ2n) is 3.30. The second kappa shape index (κ2) is 5.62. The van der Waals surface area contributed by atoms with E-state index in [4.69, 9.17) is 0 Å². The van der Waals surface area contributed by atoms with E-state index >= 15 is 0 Å². The quantitative estimate of drug-likeness (QED) is 0.581. The highest BCUT2D eigenvalue weighted by molar-refractivity contribution is 14.1.